The molecule has 0 bridgehead atoms. The number of rotatable bonds is 2. The van der Waals surface area contributed by atoms with Crippen molar-refractivity contribution in [3.8, 4) is 0 Å². The van der Waals surface area contributed by atoms with Crippen molar-refractivity contribution in [2.45, 2.75) is 12.5 Å². The fraction of sp³-hybridized carbons (Fsp3) is 0.875. The predicted molar refractivity (Wildman–Crippen MR) is 45.9 cm³/mol. The SMILES string of the molecule is CNCC1CC(=O)N(C)CCO1. The zero-order valence-electron chi connectivity index (χ0n) is 7.67. The fourth-order valence-corrected chi connectivity index (χ4v) is 1.25. The lowest BCUT2D eigenvalue weighted by atomic mass is 10.2. The summed E-state index contributed by atoms with van der Waals surface area (Å²) in [7, 11) is 3.68. The van der Waals surface area contributed by atoms with Gasteiger partial charge in [-0.2, -0.15) is 0 Å². The number of amides is 1. The van der Waals surface area contributed by atoms with Crippen molar-refractivity contribution in [2.24, 2.45) is 0 Å². The molecule has 1 aliphatic heterocycles. The molecule has 0 saturated carbocycles. The van der Waals surface area contributed by atoms with E-state index >= 15 is 0 Å². The molecule has 0 spiro atoms. The zero-order chi connectivity index (χ0) is 8.97. The minimum absolute atomic E-state index is 0.0486. The quantitative estimate of drug-likeness (QED) is 0.608. The van der Waals surface area contributed by atoms with Crippen LogP contribution in [0.15, 0.2) is 0 Å². The Kier molecular flexibility index (Phi) is 3.49. The molecule has 0 radical (unpaired) electrons. The second-order valence-electron chi connectivity index (χ2n) is 3.07. The van der Waals surface area contributed by atoms with Gasteiger partial charge in [0.25, 0.3) is 0 Å². The van der Waals surface area contributed by atoms with Crippen LogP contribution in [-0.4, -0.2) is 50.7 Å². The summed E-state index contributed by atoms with van der Waals surface area (Å²) in [4.78, 5) is 13.0. The highest BCUT2D eigenvalue weighted by molar-refractivity contribution is 5.76. The lowest BCUT2D eigenvalue weighted by Gasteiger charge is -2.13. The topological polar surface area (TPSA) is 41.6 Å². The van der Waals surface area contributed by atoms with Crippen molar-refractivity contribution >= 4 is 5.91 Å². The summed E-state index contributed by atoms with van der Waals surface area (Å²) >= 11 is 0. The first-order valence-electron chi connectivity index (χ1n) is 4.24. The van der Waals surface area contributed by atoms with Gasteiger partial charge in [-0.3, -0.25) is 4.79 Å². The molecule has 12 heavy (non-hydrogen) atoms. The Balaban J connectivity index is 2.42. The lowest BCUT2D eigenvalue weighted by molar-refractivity contribution is -0.129. The third kappa shape index (κ3) is 2.46. The number of nitrogens with one attached hydrogen (secondary N) is 1. The minimum atomic E-state index is 0.0486. The van der Waals surface area contributed by atoms with Gasteiger partial charge in [0.1, 0.15) is 0 Å². The van der Waals surface area contributed by atoms with E-state index in [2.05, 4.69) is 5.32 Å². The summed E-state index contributed by atoms with van der Waals surface area (Å²) in [6.45, 7) is 2.10. The van der Waals surface area contributed by atoms with E-state index in [-0.39, 0.29) is 12.0 Å². The van der Waals surface area contributed by atoms with Gasteiger partial charge in [-0.05, 0) is 7.05 Å². The molecule has 4 heteroatoms. The van der Waals surface area contributed by atoms with E-state index in [0.29, 0.717) is 19.6 Å². The van der Waals surface area contributed by atoms with Gasteiger partial charge in [-0.1, -0.05) is 0 Å². The molecule has 70 valence electrons. The molecule has 1 fully saturated rings. The maximum Gasteiger partial charge on any atom is 0.225 e. The standard InChI is InChI=1S/C8H16N2O2/c1-9-6-7-5-8(11)10(2)3-4-12-7/h7,9H,3-6H2,1-2H3. The van der Waals surface area contributed by atoms with Gasteiger partial charge >= 0.3 is 0 Å². The summed E-state index contributed by atoms with van der Waals surface area (Å²) in [5, 5.41) is 3.00. The van der Waals surface area contributed by atoms with Crippen molar-refractivity contribution in [1.29, 1.82) is 0 Å². The van der Waals surface area contributed by atoms with Crippen molar-refractivity contribution in [3.05, 3.63) is 0 Å². The smallest absolute Gasteiger partial charge is 0.225 e. The van der Waals surface area contributed by atoms with Crippen molar-refractivity contribution < 1.29 is 9.53 Å². The number of ether oxygens (including phenoxy) is 1. The monoisotopic (exact) mass is 172 g/mol. The van der Waals surface area contributed by atoms with Crippen LogP contribution in [0.3, 0.4) is 0 Å². The van der Waals surface area contributed by atoms with Crippen molar-refractivity contribution in [3.63, 3.8) is 0 Å². The van der Waals surface area contributed by atoms with E-state index in [1.807, 2.05) is 14.1 Å². The minimum Gasteiger partial charge on any atom is -0.375 e. The van der Waals surface area contributed by atoms with Crippen LogP contribution in [0.4, 0.5) is 0 Å². The number of nitrogens with zero attached hydrogens (tertiary/aromatic N) is 1. The first-order chi connectivity index (χ1) is 5.74. The highest BCUT2D eigenvalue weighted by Gasteiger charge is 2.20. The lowest BCUT2D eigenvalue weighted by Crippen LogP contribution is -2.30. The van der Waals surface area contributed by atoms with E-state index in [9.17, 15) is 4.79 Å². The maximum absolute atomic E-state index is 11.3. The van der Waals surface area contributed by atoms with Gasteiger partial charge in [0.15, 0.2) is 0 Å². The fourth-order valence-electron chi connectivity index (χ4n) is 1.25. The largest absolute Gasteiger partial charge is 0.375 e. The highest BCUT2D eigenvalue weighted by Crippen LogP contribution is 2.05. The summed E-state index contributed by atoms with van der Waals surface area (Å²) in [5.41, 5.74) is 0. The van der Waals surface area contributed by atoms with Crippen LogP contribution in [0.25, 0.3) is 0 Å². The Morgan fingerprint density at radius 1 is 1.75 bits per heavy atom. The molecule has 1 rings (SSSR count). The molecule has 1 aliphatic rings. The Labute approximate surface area is 72.9 Å². The molecule has 1 atom stereocenters. The maximum atomic E-state index is 11.3. The van der Waals surface area contributed by atoms with E-state index in [1.54, 1.807) is 4.90 Å². The summed E-state index contributed by atoms with van der Waals surface area (Å²) in [6, 6.07) is 0. The third-order valence-corrected chi connectivity index (χ3v) is 2.04. The van der Waals surface area contributed by atoms with Crippen LogP contribution in [0, 0.1) is 0 Å². The Hall–Kier alpha value is -0.610. The Morgan fingerprint density at radius 2 is 2.50 bits per heavy atom. The molecule has 1 unspecified atom stereocenters. The first-order valence-corrected chi connectivity index (χ1v) is 4.24. The zero-order valence-corrected chi connectivity index (χ0v) is 7.67. The summed E-state index contributed by atoms with van der Waals surface area (Å²) in [6.07, 6.45) is 0.546. The first kappa shape index (κ1) is 9.48. The Bertz CT molecular complexity index is 161. The van der Waals surface area contributed by atoms with Gasteiger partial charge in [-0.25, -0.2) is 0 Å². The molecule has 0 aromatic carbocycles. The van der Waals surface area contributed by atoms with E-state index in [1.165, 1.54) is 0 Å². The van der Waals surface area contributed by atoms with Gasteiger partial charge in [0.05, 0.1) is 19.1 Å². The third-order valence-electron chi connectivity index (χ3n) is 2.04. The van der Waals surface area contributed by atoms with Crippen LogP contribution in [0.1, 0.15) is 6.42 Å². The van der Waals surface area contributed by atoms with E-state index in [0.717, 1.165) is 6.54 Å². The van der Waals surface area contributed by atoms with Crippen LogP contribution in [-0.2, 0) is 9.53 Å². The number of carbonyl (C=O) groups is 1. The highest BCUT2D eigenvalue weighted by atomic mass is 16.5. The van der Waals surface area contributed by atoms with E-state index in [4.69, 9.17) is 4.74 Å². The van der Waals surface area contributed by atoms with Crippen LogP contribution in [0.5, 0.6) is 0 Å². The Morgan fingerprint density at radius 3 is 3.17 bits per heavy atom. The molecular weight excluding hydrogens is 156 g/mol. The molecular formula is C8H16N2O2. The van der Waals surface area contributed by atoms with Gasteiger partial charge in [-0.15, -0.1) is 0 Å². The number of hydrogen-bond donors (Lipinski definition) is 1. The predicted octanol–water partition coefficient (Wildman–Crippen LogP) is -0.547. The second-order valence-corrected chi connectivity index (χ2v) is 3.07. The second kappa shape index (κ2) is 4.42. The number of likely N-dealkylation sites (N-methyl/N-ethyl adjacent to an activating group) is 2. The van der Waals surface area contributed by atoms with E-state index < -0.39 is 0 Å². The molecule has 0 aromatic heterocycles. The van der Waals surface area contributed by atoms with Gasteiger partial charge < -0.3 is 15.0 Å². The molecule has 1 saturated heterocycles. The molecule has 0 aliphatic carbocycles. The van der Waals surface area contributed by atoms with Crippen molar-refractivity contribution in [2.75, 3.05) is 33.8 Å². The average molecular weight is 172 g/mol. The number of hydrogen-bond acceptors (Lipinski definition) is 3. The molecule has 1 amide bonds. The van der Waals surface area contributed by atoms with Crippen molar-refractivity contribution in [1.82, 2.24) is 10.2 Å². The molecule has 0 aromatic rings. The van der Waals surface area contributed by atoms with Crippen LogP contribution < -0.4 is 5.32 Å². The molecule has 1 N–H and O–H groups in total. The van der Waals surface area contributed by atoms with Crippen LogP contribution >= 0.6 is 0 Å². The normalized spacial score (nSPS) is 25.7. The molecule has 4 nitrogen and oxygen atoms in total. The number of carbonyl (C=O) groups excluding carboxylic acids is 1. The summed E-state index contributed by atoms with van der Waals surface area (Å²) in [5.74, 6) is 0.174. The van der Waals surface area contributed by atoms with Gasteiger partial charge in [0, 0.05) is 20.1 Å². The average Bonchev–Trinajstić information content (AvgIpc) is 2.16. The van der Waals surface area contributed by atoms with Crippen LogP contribution in [0.2, 0.25) is 0 Å². The molecule has 1 heterocycles. The summed E-state index contributed by atoms with van der Waals surface area (Å²) < 4.78 is 5.46. The van der Waals surface area contributed by atoms with Gasteiger partial charge in [0.2, 0.25) is 5.91 Å².